The minimum Gasteiger partial charge on any atom is -0.358 e. The maximum absolute atomic E-state index is 12.3. The van der Waals surface area contributed by atoms with Crippen LogP contribution in [0.4, 0.5) is 5.82 Å². The van der Waals surface area contributed by atoms with Crippen LogP contribution in [0.2, 0.25) is 0 Å². The maximum Gasteiger partial charge on any atom is 0.357 e. The van der Waals surface area contributed by atoms with Gasteiger partial charge in [0.1, 0.15) is 4.47 Å². The van der Waals surface area contributed by atoms with Crippen LogP contribution in [0.15, 0.2) is 15.1 Å². The zero-order valence-electron chi connectivity index (χ0n) is 11.7. The molecule has 0 aromatic carbocycles. The fourth-order valence-electron chi connectivity index (χ4n) is 1.77. The molecule has 2 aromatic rings. The van der Waals surface area contributed by atoms with Crippen molar-refractivity contribution in [3.05, 3.63) is 36.6 Å². The molecule has 0 fully saturated rings. The van der Waals surface area contributed by atoms with E-state index in [1.165, 1.54) is 4.90 Å². The molecule has 0 aliphatic heterocycles. The smallest absolute Gasteiger partial charge is 0.357 e. The minimum atomic E-state index is -0.645. The van der Waals surface area contributed by atoms with E-state index in [4.69, 9.17) is 0 Å². The molecule has 0 aliphatic rings. The Kier molecular flexibility index (Phi) is 4.96. The summed E-state index contributed by atoms with van der Waals surface area (Å²) < 4.78 is 2.57. The van der Waals surface area contributed by atoms with Crippen LogP contribution in [0.3, 0.4) is 0 Å². The summed E-state index contributed by atoms with van der Waals surface area (Å²) in [5, 5.41) is 21.0. The zero-order chi connectivity index (χ0) is 16.4. The summed E-state index contributed by atoms with van der Waals surface area (Å²) in [5.74, 6) is -0.803. The van der Waals surface area contributed by atoms with Gasteiger partial charge in [-0.15, -0.1) is 5.10 Å². The van der Waals surface area contributed by atoms with Gasteiger partial charge < -0.3 is 15.0 Å². The molecule has 2 rings (SSSR count). The number of aromatic amines is 1. The second-order valence-electron chi connectivity index (χ2n) is 4.43. The van der Waals surface area contributed by atoms with E-state index in [2.05, 4.69) is 47.2 Å². The van der Waals surface area contributed by atoms with Crippen molar-refractivity contribution >= 4 is 43.6 Å². The van der Waals surface area contributed by atoms with Crippen LogP contribution < -0.4 is 0 Å². The number of rotatable bonds is 5. The molecule has 2 heterocycles. The topological polar surface area (TPSA) is 110 Å². The SMILES string of the molecule is CCn1cc(Br)c(CN(C)C(=O)c2n[nH]c([N+](=O)[O-])c2Br)n1. The van der Waals surface area contributed by atoms with Gasteiger partial charge in [0.2, 0.25) is 0 Å². The number of amides is 1. The van der Waals surface area contributed by atoms with Crippen molar-refractivity contribution in [2.45, 2.75) is 20.0 Å². The van der Waals surface area contributed by atoms with E-state index in [-0.39, 0.29) is 22.5 Å². The molecular formula is C11H12Br2N6O3. The molecule has 1 amide bonds. The summed E-state index contributed by atoms with van der Waals surface area (Å²) in [7, 11) is 1.58. The highest BCUT2D eigenvalue weighted by atomic mass is 79.9. The molecule has 0 unspecified atom stereocenters. The van der Waals surface area contributed by atoms with E-state index in [0.717, 1.165) is 4.47 Å². The number of nitrogens with zero attached hydrogens (tertiary/aromatic N) is 5. The number of aromatic nitrogens is 4. The van der Waals surface area contributed by atoms with Gasteiger partial charge in [-0.05, 0) is 43.7 Å². The van der Waals surface area contributed by atoms with Gasteiger partial charge in [-0.1, -0.05) is 5.10 Å². The van der Waals surface area contributed by atoms with Crippen LogP contribution >= 0.6 is 31.9 Å². The standard InChI is InChI=1S/C11H12Br2N6O3/c1-3-18-4-6(12)7(16-18)5-17(2)11(20)9-8(13)10(15-14-9)19(21)22/h4H,3,5H2,1-2H3,(H,14,15). The Morgan fingerprint density at radius 3 is 2.73 bits per heavy atom. The molecule has 0 spiro atoms. The van der Waals surface area contributed by atoms with Gasteiger partial charge in [-0.2, -0.15) is 5.10 Å². The summed E-state index contributed by atoms with van der Waals surface area (Å²) in [4.78, 5) is 23.8. The highest BCUT2D eigenvalue weighted by Gasteiger charge is 2.27. The molecule has 0 saturated carbocycles. The van der Waals surface area contributed by atoms with Gasteiger partial charge >= 0.3 is 5.82 Å². The quantitative estimate of drug-likeness (QED) is 0.572. The Labute approximate surface area is 142 Å². The molecule has 9 nitrogen and oxygen atoms in total. The highest BCUT2D eigenvalue weighted by molar-refractivity contribution is 9.11. The minimum absolute atomic E-state index is 0.0347. The molecule has 1 N–H and O–H groups in total. The lowest BCUT2D eigenvalue weighted by Gasteiger charge is -2.14. The molecule has 0 bridgehead atoms. The average Bonchev–Trinajstić information content (AvgIpc) is 3.01. The van der Waals surface area contributed by atoms with Crippen LogP contribution in [0, 0.1) is 10.1 Å². The van der Waals surface area contributed by atoms with E-state index in [9.17, 15) is 14.9 Å². The number of nitrogens with one attached hydrogen (secondary N) is 1. The summed E-state index contributed by atoms with van der Waals surface area (Å²) in [6, 6.07) is 0. The van der Waals surface area contributed by atoms with Crippen LogP contribution in [0.1, 0.15) is 23.1 Å². The van der Waals surface area contributed by atoms with E-state index in [0.29, 0.717) is 12.2 Å². The lowest BCUT2D eigenvalue weighted by atomic mass is 10.3. The Balaban J connectivity index is 2.18. The normalized spacial score (nSPS) is 10.7. The van der Waals surface area contributed by atoms with Crippen molar-refractivity contribution in [2.75, 3.05) is 7.05 Å². The molecule has 2 aromatic heterocycles. The second kappa shape index (κ2) is 6.57. The Bertz CT molecular complexity index is 725. The average molecular weight is 436 g/mol. The number of halogens is 2. The Hall–Kier alpha value is -1.75. The summed E-state index contributed by atoms with van der Waals surface area (Å²) in [6.45, 7) is 2.92. The molecule has 22 heavy (non-hydrogen) atoms. The van der Waals surface area contributed by atoms with Gasteiger partial charge in [-0.25, -0.2) is 0 Å². The number of carbonyl (C=O) groups is 1. The molecule has 118 valence electrons. The largest absolute Gasteiger partial charge is 0.358 e. The van der Waals surface area contributed by atoms with Crippen molar-refractivity contribution in [3.63, 3.8) is 0 Å². The first-order valence-electron chi connectivity index (χ1n) is 6.20. The monoisotopic (exact) mass is 434 g/mol. The molecule has 0 radical (unpaired) electrons. The third-order valence-corrected chi connectivity index (χ3v) is 4.33. The van der Waals surface area contributed by atoms with Crippen LogP contribution in [-0.4, -0.2) is 42.8 Å². The Morgan fingerprint density at radius 1 is 1.55 bits per heavy atom. The van der Waals surface area contributed by atoms with Crippen molar-refractivity contribution in [3.8, 4) is 0 Å². The van der Waals surface area contributed by atoms with E-state index in [1.807, 2.05) is 13.1 Å². The third-order valence-electron chi connectivity index (χ3n) is 2.92. The highest BCUT2D eigenvalue weighted by Crippen LogP contribution is 2.26. The van der Waals surface area contributed by atoms with Crippen molar-refractivity contribution in [2.24, 2.45) is 0 Å². The summed E-state index contributed by atoms with van der Waals surface area (Å²) >= 11 is 6.41. The number of aryl methyl sites for hydroxylation is 1. The van der Waals surface area contributed by atoms with Crippen LogP contribution in [0.5, 0.6) is 0 Å². The third kappa shape index (κ3) is 3.19. The molecule has 11 heteroatoms. The zero-order valence-corrected chi connectivity index (χ0v) is 14.9. The van der Waals surface area contributed by atoms with Gasteiger partial charge in [0.25, 0.3) is 5.91 Å². The van der Waals surface area contributed by atoms with Gasteiger partial charge in [0.05, 0.1) is 16.7 Å². The van der Waals surface area contributed by atoms with E-state index < -0.39 is 10.8 Å². The lowest BCUT2D eigenvalue weighted by Crippen LogP contribution is -2.27. The lowest BCUT2D eigenvalue weighted by molar-refractivity contribution is -0.390. The molecular weight excluding hydrogens is 424 g/mol. The molecule has 0 saturated heterocycles. The molecule has 0 aliphatic carbocycles. The number of carbonyl (C=O) groups excluding carboxylic acids is 1. The van der Waals surface area contributed by atoms with E-state index in [1.54, 1.807) is 11.7 Å². The number of hydrogen-bond donors (Lipinski definition) is 1. The van der Waals surface area contributed by atoms with Crippen molar-refractivity contribution in [1.82, 2.24) is 24.9 Å². The maximum atomic E-state index is 12.3. The second-order valence-corrected chi connectivity index (χ2v) is 6.08. The number of H-pyrrole nitrogens is 1. The fraction of sp³-hybridized carbons (Fsp3) is 0.364. The van der Waals surface area contributed by atoms with Crippen LogP contribution in [-0.2, 0) is 13.1 Å². The number of nitro groups is 1. The first-order chi connectivity index (χ1) is 10.3. The van der Waals surface area contributed by atoms with Gasteiger partial charge in [0, 0.05) is 19.8 Å². The summed E-state index contributed by atoms with van der Waals surface area (Å²) in [6.07, 6.45) is 1.82. The Morgan fingerprint density at radius 2 is 2.23 bits per heavy atom. The predicted octanol–water partition coefficient (Wildman–Crippen LogP) is 2.33. The van der Waals surface area contributed by atoms with Gasteiger partial charge in [-0.3, -0.25) is 9.48 Å². The predicted molar refractivity (Wildman–Crippen MR) is 84.3 cm³/mol. The first-order valence-corrected chi connectivity index (χ1v) is 7.79. The van der Waals surface area contributed by atoms with Crippen LogP contribution in [0.25, 0.3) is 0 Å². The van der Waals surface area contributed by atoms with Crippen molar-refractivity contribution < 1.29 is 9.72 Å². The summed E-state index contributed by atoms with van der Waals surface area (Å²) in [5.41, 5.74) is 0.652. The number of hydrogen-bond acceptors (Lipinski definition) is 5. The van der Waals surface area contributed by atoms with Crippen molar-refractivity contribution in [1.29, 1.82) is 0 Å². The first kappa shape index (κ1) is 16.6. The van der Waals surface area contributed by atoms with E-state index >= 15 is 0 Å². The molecule has 0 atom stereocenters. The fourth-order valence-corrected chi connectivity index (χ4v) is 2.70. The van der Waals surface area contributed by atoms with Gasteiger partial charge in [0.15, 0.2) is 5.69 Å².